The lowest BCUT2D eigenvalue weighted by Gasteiger charge is -2.12. The molecule has 0 aliphatic rings. The minimum absolute atomic E-state index is 0.154. The molecular weight excluding hydrogens is 326 g/mol. The summed E-state index contributed by atoms with van der Waals surface area (Å²) in [4.78, 5) is 35.2. The maximum atomic E-state index is 12.4. The third kappa shape index (κ3) is 4.47. The fourth-order valence-corrected chi connectivity index (χ4v) is 2.11. The molecule has 0 atom stereocenters. The van der Waals surface area contributed by atoms with Crippen LogP contribution in [0.5, 0.6) is 5.75 Å². The van der Waals surface area contributed by atoms with Gasteiger partial charge in [0.25, 0.3) is 5.91 Å². The van der Waals surface area contributed by atoms with E-state index in [1.54, 1.807) is 24.3 Å². The summed E-state index contributed by atoms with van der Waals surface area (Å²) in [7, 11) is 2.71. The third-order valence-electron chi connectivity index (χ3n) is 3.27. The molecule has 2 aromatic rings. The van der Waals surface area contributed by atoms with E-state index in [1.807, 2.05) is 0 Å². The van der Waals surface area contributed by atoms with Gasteiger partial charge in [0.2, 0.25) is 0 Å². The van der Waals surface area contributed by atoms with Gasteiger partial charge in [-0.3, -0.25) is 4.79 Å². The van der Waals surface area contributed by atoms with E-state index >= 15 is 0 Å². The second kappa shape index (κ2) is 7.82. The first-order valence-corrected chi connectivity index (χ1v) is 7.19. The summed E-state index contributed by atoms with van der Waals surface area (Å²) in [6.45, 7) is 0. The van der Waals surface area contributed by atoms with Gasteiger partial charge in [-0.25, -0.2) is 9.59 Å². The van der Waals surface area contributed by atoms with Gasteiger partial charge in [-0.2, -0.15) is 0 Å². The Bertz CT molecular complexity index is 820. The summed E-state index contributed by atoms with van der Waals surface area (Å²) >= 11 is 0. The number of rotatable bonds is 5. The Hall–Kier alpha value is -3.55. The lowest BCUT2D eigenvalue weighted by Crippen LogP contribution is -2.20. The molecule has 8 nitrogen and oxygen atoms in total. The number of ether oxygens (including phenoxy) is 2. The molecule has 4 N–H and O–H groups in total. The van der Waals surface area contributed by atoms with Crippen LogP contribution in [0.15, 0.2) is 42.5 Å². The Balaban J connectivity index is 2.28. The van der Waals surface area contributed by atoms with E-state index in [9.17, 15) is 14.4 Å². The minimum atomic E-state index is -0.735. The van der Waals surface area contributed by atoms with Crippen LogP contribution in [0.25, 0.3) is 0 Å². The number of hydrogen-bond donors (Lipinski definition) is 3. The quantitative estimate of drug-likeness (QED) is 0.719. The highest BCUT2D eigenvalue weighted by Gasteiger charge is 2.16. The highest BCUT2D eigenvalue weighted by Crippen LogP contribution is 2.24. The summed E-state index contributed by atoms with van der Waals surface area (Å²) < 4.78 is 9.79. The van der Waals surface area contributed by atoms with Crippen LogP contribution in [-0.2, 0) is 4.74 Å². The minimum Gasteiger partial charge on any atom is -0.497 e. The van der Waals surface area contributed by atoms with Crippen molar-refractivity contribution in [3.63, 3.8) is 0 Å². The molecule has 0 saturated carbocycles. The van der Waals surface area contributed by atoms with Crippen LogP contribution >= 0.6 is 0 Å². The zero-order valence-electron chi connectivity index (χ0n) is 13.7. The van der Waals surface area contributed by atoms with Crippen molar-refractivity contribution in [3.05, 3.63) is 53.6 Å². The molecule has 0 bridgehead atoms. The van der Waals surface area contributed by atoms with Crippen molar-refractivity contribution in [2.45, 2.75) is 0 Å². The molecular formula is C17H17N3O5. The molecule has 2 aromatic carbocycles. The van der Waals surface area contributed by atoms with Gasteiger partial charge in [0.15, 0.2) is 0 Å². The van der Waals surface area contributed by atoms with Crippen molar-refractivity contribution in [1.82, 2.24) is 0 Å². The number of benzene rings is 2. The molecule has 0 fully saturated rings. The van der Waals surface area contributed by atoms with Gasteiger partial charge in [0.1, 0.15) is 5.75 Å². The number of methoxy groups -OCH3 is 2. The average molecular weight is 343 g/mol. The van der Waals surface area contributed by atoms with E-state index in [1.165, 1.54) is 32.4 Å². The molecule has 130 valence electrons. The van der Waals surface area contributed by atoms with Crippen molar-refractivity contribution in [3.8, 4) is 5.75 Å². The molecule has 0 unspecified atom stereocenters. The Morgan fingerprint density at radius 3 is 2.40 bits per heavy atom. The van der Waals surface area contributed by atoms with Crippen LogP contribution in [0.2, 0.25) is 0 Å². The van der Waals surface area contributed by atoms with Gasteiger partial charge in [-0.15, -0.1) is 0 Å². The number of hydrogen-bond acceptors (Lipinski definition) is 5. The van der Waals surface area contributed by atoms with Crippen LogP contribution in [-0.4, -0.2) is 32.1 Å². The molecule has 2 rings (SSSR count). The number of urea groups is 1. The molecule has 8 heteroatoms. The molecule has 0 aliphatic carbocycles. The molecule has 0 spiro atoms. The van der Waals surface area contributed by atoms with Gasteiger partial charge >= 0.3 is 12.0 Å². The smallest absolute Gasteiger partial charge is 0.340 e. The Morgan fingerprint density at radius 2 is 1.76 bits per heavy atom. The number of nitrogens with two attached hydrogens (primary N) is 1. The van der Waals surface area contributed by atoms with Crippen LogP contribution in [0.4, 0.5) is 16.2 Å². The SMILES string of the molecule is COC(=O)c1cc(OC)ccc1NC(=O)c1cccc(NC(N)=O)c1. The van der Waals surface area contributed by atoms with Crippen LogP contribution in [0.3, 0.4) is 0 Å². The number of primary amides is 1. The molecule has 25 heavy (non-hydrogen) atoms. The summed E-state index contributed by atoms with van der Waals surface area (Å²) in [6, 6.07) is 10.1. The Kier molecular flexibility index (Phi) is 5.57. The first-order valence-electron chi connectivity index (χ1n) is 7.19. The fourth-order valence-electron chi connectivity index (χ4n) is 2.11. The van der Waals surface area contributed by atoms with Gasteiger partial charge < -0.3 is 25.8 Å². The number of amides is 3. The molecule has 3 amide bonds. The summed E-state index contributed by atoms with van der Waals surface area (Å²) in [6.07, 6.45) is 0. The molecule has 0 heterocycles. The van der Waals surface area contributed by atoms with Gasteiger partial charge in [-0.1, -0.05) is 6.07 Å². The third-order valence-corrected chi connectivity index (χ3v) is 3.27. The number of carbonyl (C=O) groups is 3. The van der Waals surface area contributed by atoms with Crippen LogP contribution in [0.1, 0.15) is 20.7 Å². The number of esters is 1. The van der Waals surface area contributed by atoms with Crippen molar-refractivity contribution in [2.75, 3.05) is 24.9 Å². The second-order valence-corrected chi connectivity index (χ2v) is 4.93. The number of nitrogens with one attached hydrogen (secondary N) is 2. The van der Waals surface area contributed by atoms with E-state index in [0.717, 1.165) is 0 Å². The topological polar surface area (TPSA) is 120 Å². The van der Waals surface area contributed by atoms with Gasteiger partial charge in [-0.05, 0) is 36.4 Å². The van der Waals surface area contributed by atoms with E-state index < -0.39 is 17.9 Å². The van der Waals surface area contributed by atoms with E-state index in [2.05, 4.69) is 10.6 Å². The highest BCUT2D eigenvalue weighted by molar-refractivity contribution is 6.08. The second-order valence-electron chi connectivity index (χ2n) is 4.93. The summed E-state index contributed by atoms with van der Waals surface area (Å²) in [5, 5.41) is 5.02. The number of carbonyl (C=O) groups excluding carboxylic acids is 3. The van der Waals surface area contributed by atoms with E-state index in [4.69, 9.17) is 15.2 Å². The fraction of sp³-hybridized carbons (Fsp3) is 0.118. The lowest BCUT2D eigenvalue weighted by molar-refractivity contribution is 0.0601. The van der Waals surface area contributed by atoms with Crippen molar-refractivity contribution >= 4 is 29.3 Å². The summed E-state index contributed by atoms with van der Waals surface area (Å²) in [5.74, 6) is -0.632. The predicted octanol–water partition coefficient (Wildman–Crippen LogP) is 2.22. The lowest BCUT2D eigenvalue weighted by atomic mass is 10.1. The summed E-state index contributed by atoms with van der Waals surface area (Å²) in [5.41, 5.74) is 6.13. The highest BCUT2D eigenvalue weighted by atomic mass is 16.5. The first kappa shape index (κ1) is 17.8. The van der Waals surface area contributed by atoms with E-state index in [0.29, 0.717) is 11.4 Å². The standard InChI is InChI=1S/C17H17N3O5/c1-24-12-6-7-14(13(9-12)16(22)25-2)20-15(21)10-4-3-5-11(8-10)19-17(18)23/h3-9H,1-2H3,(H,20,21)(H3,18,19,23). The molecule has 0 aromatic heterocycles. The Labute approximate surface area is 143 Å². The monoisotopic (exact) mass is 343 g/mol. The zero-order chi connectivity index (χ0) is 18.4. The number of anilines is 2. The molecule has 0 aliphatic heterocycles. The predicted molar refractivity (Wildman–Crippen MR) is 91.9 cm³/mol. The maximum Gasteiger partial charge on any atom is 0.340 e. The van der Waals surface area contributed by atoms with Crippen LogP contribution in [0, 0.1) is 0 Å². The van der Waals surface area contributed by atoms with Gasteiger partial charge in [0.05, 0.1) is 25.5 Å². The normalized spacial score (nSPS) is 9.84. The van der Waals surface area contributed by atoms with Gasteiger partial charge in [0, 0.05) is 11.3 Å². The zero-order valence-corrected chi connectivity index (χ0v) is 13.7. The van der Waals surface area contributed by atoms with Crippen molar-refractivity contribution < 1.29 is 23.9 Å². The van der Waals surface area contributed by atoms with Crippen molar-refractivity contribution in [1.29, 1.82) is 0 Å². The van der Waals surface area contributed by atoms with Crippen LogP contribution < -0.4 is 21.1 Å². The average Bonchev–Trinajstić information content (AvgIpc) is 2.61. The largest absolute Gasteiger partial charge is 0.497 e. The Morgan fingerprint density at radius 1 is 1.00 bits per heavy atom. The van der Waals surface area contributed by atoms with Crippen molar-refractivity contribution in [2.24, 2.45) is 5.73 Å². The molecule has 0 saturated heterocycles. The van der Waals surface area contributed by atoms with E-state index in [-0.39, 0.29) is 16.8 Å². The molecule has 0 radical (unpaired) electrons. The first-order chi connectivity index (χ1) is 11.9. The maximum absolute atomic E-state index is 12.4.